The maximum atomic E-state index is 13.4. The largest absolute Gasteiger partial charge is 0.368 e. The van der Waals surface area contributed by atoms with Gasteiger partial charge in [-0.05, 0) is 36.6 Å². The number of hydrogen-bond donors (Lipinski definition) is 2. The zero-order valence-corrected chi connectivity index (χ0v) is 16.6. The van der Waals surface area contributed by atoms with Crippen molar-refractivity contribution in [1.82, 2.24) is 19.5 Å². The summed E-state index contributed by atoms with van der Waals surface area (Å²) < 4.78 is 1.55. The molecule has 0 saturated carbocycles. The zero-order valence-electron chi connectivity index (χ0n) is 15.9. The molecule has 4 rings (SSSR count). The molecule has 0 bridgehead atoms. The quantitative estimate of drug-likeness (QED) is 0.521. The summed E-state index contributed by atoms with van der Waals surface area (Å²) in [7, 11) is 0. The van der Waals surface area contributed by atoms with E-state index in [9.17, 15) is 10.1 Å². The third-order valence-electron chi connectivity index (χ3n) is 4.65. The van der Waals surface area contributed by atoms with Crippen LogP contribution in [-0.4, -0.2) is 19.5 Å². The Morgan fingerprint density at radius 3 is 2.83 bits per heavy atom. The van der Waals surface area contributed by atoms with Crippen molar-refractivity contribution < 1.29 is 0 Å². The van der Waals surface area contributed by atoms with Crippen molar-refractivity contribution in [2.45, 2.75) is 13.0 Å². The van der Waals surface area contributed by atoms with Crippen LogP contribution in [-0.2, 0) is 0 Å². The molecule has 1 atom stereocenters. The highest BCUT2D eigenvalue weighted by Gasteiger charge is 2.19. The van der Waals surface area contributed by atoms with Gasteiger partial charge in [-0.2, -0.15) is 10.2 Å². The lowest BCUT2D eigenvalue weighted by Gasteiger charge is -2.21. The molecule has 1 aromatic carbocycles. The lowest BCUT2D eigenvalue weighted by molar-refractivity contribution is 0.771. The van der Waals surface area contributed by atoms with E-state index in [1.54, 1.807) is 41.2 Å². The molecule has 0 aliphatic rings. The molecule has 30 heavy (non-hydrogen) atoms. The predicted molar refractivity (Wildman–Crippen MR) is 116 cm³/mol. The van der Waals surface area contributed by atoms with E-state index in [0.717, 1.165) is 0 Å². The summed E-state index contributed by atoms with van der Waals surface area (Å²) in [5.74, 6) is 0.326. The minimum atomic E-state index is -0.414. The summed E-state index contributed by atoms with van der Waals surface area (Å²) in [6.07, 6.45) is 4.59. The Morgan fingerprint density at radius 1 is 1.27 bits per heavy atom. The van der Waals surface area contributed by atoms with Crippen molar-refractivity contribution >= 4 is 34.1 Å². The number of anilines is 2. The van der Waals surface area contributed by atoms with Gasteiger partial charge in [-0.1, -0.05) is 23.7 Å². The van der Waals surface area contributed by atoms with E-state index in [-0.39, 0.29) is 22.9 Å². The molecule has 1 unspecified atom stereocenters. The van der Waals surface area contributed by atoms with E-state index in [1.165, 1.54) is 6.20 Å². The number of nitrogen functional groups attached to an aromatic ring is 1. The van der Waals surface area contributed by atoms with Gasteiger partial charge in [-0.3, -0.25) is 14.3 Å². The number of halogens is 1. The normalized spacial score (nSPS) is 11.8. The van der Waals surface area contributed by atoms with Crippen LogP contribution < -0.4 is 16.6 Å². The molecule has 3 N–H and O–H groups in total. The number of hydrogen-bond acceptors (Lipinski definition) is 7. The second-order valence-corrected chi connectivity index (χ2v) is 7.00. The smallest absolute Gasteiger partial charge is 0.264 e. The Kier molecular flexibility index (Phi) is 5.04. The van der Waals surface area contributed by atoms with Gasteiger partial charge in [0.25, 0.3) is 5.56 Å². The molecule has 9 heteroatoms. The number of nitrogens with one attached hydrogen (secondary N) is 1. The average molecular weight is 418 g/mol. The first-order chi connectivity index (χ1) is 14.5. The van der Waals surface area contributed by atoms with E-state index >= 15 is 0 Å². The van der Waals surface area contributed by atoms with Crippen LogP contribution in [0.15, 0.2) is 59.8 Å². The first-order valence-corrected chi connectivity index (χ1v) is 9.41. The lowest BCUT2D eigenvalue weighted by atomic mass is 10.1. The first-order valence-electron chi connectivity index (χ1n) is 9.03. The van der Waals surface area contributed by atoms with Crippen molar-refractivity contribution in [1.29, 1.82) is 5.26 Å². The Balaban J connectivity index is 1.93. The van der Waals surface area contributed by atoms with Crippen LogP contribution >= 0.6 is 11.6 Å². The van der Waals surface area contributed by atoms with Crippen molar-refractivity contribution in [3.05, 3.63) is 81.6 Å². The number of aromatic nitrogens is 4. The SMILES string of the molecule is CC(Nc1nc(N)ncc1C#N)c1cc2cccc(Cl)c2c(=O)n1-c1cccnc1. The molecule has 0 aliphatic heterocycles. The van der Waals surface area contributed by atoms with Gasteiger partial charge in [0.2, 0.25) is 5.95 Å². The predicted octanol–water partition coefficient (Wildman–Crippen LogP) is 3.46. The van der Waals surface area contributed by atoms with Gasteiger partial charge in [0.15, 0.2) is 0 Å². The van der Waals surface area contributed by atoms with Crippen molar-refractivity contribution in [2.24, 2.45) is 0 Å². The van der Waals surface area contributed by atoms with Crippen LogP contribution in [0.25, 0.3) is 16.5 Å². The number of nitrogens with two attached hydrogens (primary N) is 1. The molecular formula is C21H16ClN7O. The summed E-state index contributed by atoms with van der Waals surface area (Å²) >= 11 is 6.33. The number of nitriles is 1. The van der Waals surface area contributed by atoms with Gasteiger partial charge in [0.1, 0.15) is 17.5 Å². The minimum absolute atomic E-state index is 0.0404. The molecule has 0 amide bonds. The van der Waals surface area contributed by atoms with Crippen LogP contribution in [0, 0.1) is 11.3 Å². The van der Waals surface area contributed by atoms with Crippen LogP contribution in [0.1, 0.15) is 24.2 Å². The molecule has 0 aliphatic carbocycles. The zero-order chi connectivity index (χ0) is 21.3. The highest BCUT2D eigenvalue weighted by atomic mass is 35.5. The highest BCUT2D eigenvalue weighted by molar-refractivity contribution is 6.35. The number of benzene rings is 1. The second kappa shape index (κ2) is 7.81. The molecule has 3 aromatic heterocycles. The Labute approximate surface area is 176 Å². The van der Waals surface area contributed by atoms with Gasteiger partial charge >= 0.3 is 0 Å². The fourth-order valence-electron chi connectivity index (χ4n) is 3.28. The summed E-state index contributed by atoms with van der Waals surface area (Å²) in [5, 5.41) is 14.0. The maximum Gasteiger partial charge on any atom is 0.264 e. The standard InChI is InChI=1S/C21H16ClN7O/c1-12(27-19-14(9-23)10-26-21(24)28-19)17-8-13-4-2-6-16(22)18(13)20(30)29(17)15-5-3-7-25-11-15/h2-8,10-12H,1H3,(H3,24,26,27,28). The number of pyridine rings is 2. The third-order valence-corrected chi connectivity index (χ3v) is 4.97. The van der Waals surface area contributed by atoms with E-state index in [4.69, 9.17) is 17.3 Å². The van der Waals surface area contributed by atoms with Gasteiger partial charge < -0.3 is 11.1 Å². The molecule has 0 saturated heterocycles. The molecule has 0 fully saturated rings. The Morgan fingerprint density at radius 2 is 2.10 bits per heavy atom. The molecule has 8 nitrogen and oxygen atoms in total. The van der Waals surface area contributed by atoms with E-state index < -0.39 is 6.04 Å². The fourth-order valence-corrected chi connectivity index (χ4v) is 3.54. The van der Waals surface area contributed by atoms with Crippen LogP contribution in [0.3, 0.4) is 0 Å². The molecule has 3 heterocycles. The molecule has 4 aromatic rings. The van der Waals surface area contributed by atoms with Crippen molar-refractivity contribution in [2.75, 3.05) is 11.1 Å². The lowest BCUT2D eigenvalue weighted by Crippen LogP contribution is -2.26. The molecule has 0 spiro atoms. The minimum Gasteiger partial charge on any atom is -0.368 e. The summed E-state index contributed by atoms with van der Waals surface area (Å²) in [6, 6.07) is 12.3. The summed E-state index contributed by atoms with van der Waals surface area (Å²) in [5.41, 5.74) is 6.90. The Bertz CT molecular complexity index is 1350. The molecular weight excluding hydrogens is 402 g/mol. The number of nitrogens with zero attached hydrogens (tertiary/aromatic N) is 5. The van der Waals surface area contributed by atoms with Crippen molar-refractivity contribution in [3.63, 3.8) is 0 Å². The van der Waals surface area contributed by atoms with Crippen LogP contribution in [0.2, 0.25) is 5.02 Å². The van der Waals surface area contributed by atoms with Gasteiger partial charge in [-0.25, -0.2) is 4.98 Å². The van der Waals surface area contributed by atoms with E-state index in [1.807, 2.05) is 25.1 Å². The van der Waals surface area contributed by atoms with E-state index in [0.29, 0.717) is 27.2 Å². The monoisotopic (exact) mass is 417 g/mol. The third kappa shape index (κ3) is 3.43. The topological polar surface area (TPSA) is 123 Å². The van der Waals surface area contributed by atoms with Gasteiger partial charge in [-0.15, -0.1) is 0 Å². The van der Waals surface area contributed by atoms with E-state index in [2.05, 4.69) is 20.3 Å². The van der Waals surface area contributed by atoms with Crippen LogP contribution in [0.5, 0.6) is 0 Å². The second-order valence-electron chi connectivity index (χ2n) is 6.59. The Hall–Kier alpha value is -3.96. The average Bonchev–Trinajstić information content (AvgIpc) is 2.74. The number of rotatable bonds is 4. The number of fused-ring (bicyclic) bond motifs is 1. The maximum absolute atomic E-state index is 13.4. The highest BCUT2D eigenvalue weighted by Crippen LogP contribution is 2.27. The van der Waals surface area contributed by atoms with Gasteiger partial charge in [0.05, 0.1) is 34.5 Å². The van der Waals surface area contributed by atoms with Crippen molar-refractivity contribution in [3.8, 4) is 11.8 Å². The summed E-state index contributed by atoms with van der Waals surface area (Å²) in [4.78, 5) is 25.5. The fraction of sp³-hybridized carbons (Fsp3) is 0.0952. The summed E-state index contributed by atoms with van der Waals surface area (Å²) in [6.45, 7) is 1.86. The van der Waals surface area contributed by atoms with Crippen LogP contribution in [0.4, 0.5) is 11.8 Å². The molecule has 148 valence electrons. The molecule has 0 radical (unpaired) electrons. The first kappa shape index (κ1) is 19.4. The van der Waals surface area contributed by atoms with Gasteiger partial charge in [0, 0.05) is 11.9 Å².